The maximum absolute atomic E-state index is 6.01. The molecule has 0 aliphatic rings. The molecule has 0 atom stereocenters. The Kier molecular flexibility index (Phi) is 3.72. The summed E-state index contributed by atoms with van der Waals surface area (Å²) in [5, 5.41) is 3.34. The first-order chi connectivity index (χ1) is 8.72. The molecular formula is C15H18N2O. The zero-order valence-corrected chi connectivity index (χ0v) is 10.7. The molecule has 3 heteroatoms. The molecule has 2 rings (SSSR count). The topological polar surface area (TPSA) is 47.3 Å². The van der Waals surface area contributed by atoms with Crippen molar-refractivity contribution in [2.45, 2.75) is 13.5 Å². The second-order valence-corrected chi connectivity index (χ2v) is 4.20. The number of anilines is 2. The van der Waals surface area contributed by atoms with Crippen LogP contribution in [0, 0.1) is 6.92 Å². The quantitative estimate of drug-likeness (QED) is 0.809. The minimum Gasteiger partial charge on any atom is -0.495 e. The van der Waals surface area contributed by atoms with Gasteiger partial charge in [-0.25, -0.2) is 0 Å². The molecule has 3 N–H and O–H groups in total. The minimum atomic E-state index is 0.647. The van der Waals surface area contributed by atoms with Gasteiger partial charge in [0.2, 0.25) is 0 Å². The fraction of sp³-hybridized carbons (Fsp3) is 0.200. The number of nitrogen functional groups attached to an aromatic ring is 1. The van der Waals surface area contributed by atoms with Crippen LogP contribution in [-0.4, -0.2) is 7.11 Å². The molecule has 0 fully saturated rings. The number of benzene rings is 2. The molecule has 0 bridgehead atoms. The lowest BCUT2D eigenvalue weighted by Gasteiger charge is -2.13. The molecule has 2 aromatic carbocycles. The van der Waals surface area contributed by atoms with E-state index < -0.39 is 0 Å². The lowest BCUT2D eigenvalue weighted by molar-refractivity contribution is 0.417. The summed E-state index contributed by atoms with van der Waals surface area (Å²) >= 11 is 0. The highest BCUT2D eigenvalue weighted by Gasteiger charge is 2.05. The normalized spacial score (nSPS) is 10.1. The summed E-state index contributed by atoms with van der Waals surface area (Å²) in [5.41, 5.74) is 10.1. The van der Waals surface area contributed by atoms with Gasteiger partial charge >= 0.3 is 0 Å². The average molecular weight is 242 g/mol. The molecule has 0 aliphatic carbocycles. The Hall–Kier alpha value is -2.16. The molecule has 0 aromatic heterocycles. The van der Waals surface area contributed by atoms with Crippen molar-refractivity contribution in [3.05, 3.63) is 53.6 Å². The third kappa shape index (κ3) is 2.56. The number of aryl methyl sites for hydroxylation is 1. The van der Waals surface area contributed by atoms with Gasteiger partial charge in [0.1, 0.15) is 5.75 Å². The van der Waals surface area contributed by atoms with Gasteiger partial charge in [0, 0.05) is 6.54 Å². The van der Waals surface area contributed by atoms with E-state index in [2.05, 4.69) is 24.4 Å². The van der Waals surface area contributed by atoms with E-state index in [0.29, 0.717) is 11.4 Å². The van der Waals surface area contributed by atoms with Gasteiger partial charge in [0.05, 0.1) is 18.5 Å². The van der Waals surface area contributed by atoms with E-state index in [1.54, 1.807) is 7.11 Å². The maximum atomic E-state index is 6.01. The SMILES string of the molecule is COc1cccc(NCc2ccccc2C)c1N. The molecule has 0 saturated heterocycles. The molecule has 18 heavy (non-hydrogen) atoms. The summed E-state index contributed by atoms with van der Waals surface area (Å²) in [6.45, 7) is 2.86. The van der Waals surface area contributed by atoms with Crippen LogP contribution < -0.4 is 15.8 Å². The first-order valence-corrected chi connectivity index (χ1v) is 5.93. The number of hydrogen-bond donors (Lipinski definition) is 2. The number of hydrogen-bond acceptors (Lipinski definition) is 3. The molecule has 0 radical (unpaired) electrons. The Morgan fingerprint density at radius 1 is 1.11 bits per heavy atom. The number of methoxy groups -OCH3 is 1. The summed E-state index contributed by atoms with van der Waals surface area (Å²) in [4.78, 5) is 0. The predicted molar refractivity (Wildman–Crippen MR) is 75.9 cm³/mol. The Balaban J connectivity index is 2.14. The molecule has 0 spiro atoms. The predicted octanol–water partition coefficient (Wildman–Crippen LogP) is 3.20. The fourth-order valence-electron chi connectivity index (χ4n) is 1.88. The van der Waals surface area contributed by atoms with Crippen LogP contribution in [0.4, 0.5) is 11.4 Å². The third-order valence-electron chi connectivity index (χ3n) is 3.02. The summed E-state index contributed by atoms with van der Waals surface area (Å²) in [7, 11) is 1.62. The molecule has 0 amide bonds. The van der Waals surface area contributed by atoms with Gasteiger partial charge in [-0.15, -0.1) is 0 Å². The van der Waals surface area contributed by atoms with E-state index >= 15 is 0 Å². The van der Waals surface area contributed by atoms with Gasteiger partial charge in [-0.1, -0.05) is 30.3 Å². The lowest BCUT2D eigenvalue weighted by atomic mass is 10.1. The van der Waals surface area contributed by atoms with Crippen molar-refractivity contribution in [2.24, 2.45) is 0 Å². The Labute approximate surface area is 108 Å². The first kappa shape index (κ1) is 12.3. The van der Waals surface area contributed by atoms with Crippen LogP contribution >= 0.6 is 0 Å². The monoisotopic (exact) mass is 242 g/mol. The standard InChI is InChI=1S/C15H18N2O/c1-11-6-3-4-7-12(11)10-17-13-8-5-9-14(18-2)15(13)16/h3-9,17H,10,16H2,1-2H3. The smallest absolute Gasteiger partial charge is 0.143 e. The Morgan fingerprint density at radius 2 is 1.89 bits per heavy atom. The van der Waals surface area contributed by atoms with Gasteiger partial charge in [-0.2, -0.15) is 0 Å². The van der Waals surface area contributed by atoms with Gasteiger partial charge in [0.25, 0.3) is 0 Å². The highest BCUT2D eigenvalue weighted by atomic mass is 16.5. The van der Waals surface area contributed by atoms with Gasteiger partial charge in [0.15, 0.2) is 0 Å². The van der Waals surface area contributed by atoms with Crippen molar-refractivity contribution in [3.8, 4) is 5.75 Å². The molecular weight excluding hydrogens is 224 g/mol. The van der Waals surface area contributed by atoms with Crippen molar-refractivity contribution in [2.75, 3.05) is 18.2 Å². The fourth-order valence-corrected chi connectivity index (χ4v) is 1.88. The van der Waals surface area contributed by atoms with E-state index in [9.17, 15) is 0 Å². The minimum absolute atomic E-state index is 0.647. The van der Waals surface area contributed by atoms with Gasteiger partial charge in [-0.05, 0) is 30.2 Å². The highest BCUT2D eigenvalue weighted by Crippen LogP contribution is 2.29. The molecule has 94 valence electrons. The van der Waals surface area contributed by atoms with E-state index in [0.717, 1.165) is 12.2 Å². The molecule has 0 aliphatic heterocycles. The molecule has 0 unspecified atom stereocenters. The average Bonchev–Trinajstić information content (AvgIpc) is 2.39. The number of ether oxygens (including phenoxy) is 1. The zero-order chi connectivity index (χ0) is 13.0. The van der Waals surface area contributed by atoms with E-state index in [1.807, 2.05) is 30.3 Å². The van der Waals surface area contributed by atoms with Crippen molar-refractivity contribution in [1.29, 1.82) is 0 Å². The third-order valence-corrected chi connectivity index (χ3v) is 3.02. The van der Waals surface area contributed by atoms with Gasteiger partial charge in [-0.3, -0.25) is 0 Å². The van der Waals surface area contributed by atoms with Crippen LogP contribution in [-0.2, 0) is 6.54 Å². The van der Waals surface area contributed by atoms with Crippen LogP contribution in [0.1, 0.15) is 11.1 Å². The zero-order valence-electron chi connectivity index (χ0n) is 10.7. The summed E-state index contributed by atoms with van der Waals surface area (Å²) in [6, 6.07) is 14.0. The van der Waals surface area contributed by atoms with Crippen LogP contribution in [0.15, 0.2) is 42.5 Å². The second kappa shape index (κ2) is 5.45. The molecule has 3 nitrogen and oxygen atoms in total. The second-order valence-electron chi connectivity index (χ2n) is 4.20. The highest BCUT2D eigenvalue weighted by molar-refractivity contribution is 5.72. The lowest BCUT2D eigenvalue weighted by Crippen LogP contribution is -2.04. The number of nitrogens with one attached hydrogen (secondary N) is 1. The van der Waals surface area contributed by atoms with Crippen molar-refractivity contribution in [3.63, 3.8) is 0 Å². The van der Waals surface area contributed by atoms with Crippen LogP contribution in [0.25, 0.3) is 0 Å². The summed E-state index contributed by atoms with van der Waals surface area (Å²) in [6.07, 6.45) is 0. The van der Waals surface area contributed by atoms with Crippen LogP contribution in [0.3, 0.4) is 0 Å². The summed E-state index contributed by atoms with van der Waals surface area (Å²) < 4.78 is 5.20. The summed E-state index contributed by atoms with van der Waals surface area (Å²) in [5.74, 6) is 0.699. The van der Waals surface area contributed by atoms with Crippen molar-refractivity contribution < 1.29 is 4.74 Å². The van der Waals surface area contributed by atoms with Crippen LogP contribution in [0.5, 0.6) is 5.75 Å². The first-order valence-electron chi connectivity index (χ1n) is 5.93. The number of nitrogens with two attached hydrogens (primary N) is 1. The maximum Gasteiger partial charge on any atom is 0.143 e. The Morgan fingerprint density at radius 3 is 2.61 bits per heavy atom. The van der Waals surface area contributed by atoms with E-state index in [1.165, 1.54) is 11.1 Å². The largest absolute Gasteiger partial charge is 0.495 e. The van der Waals surface area contributed by atoms with Crippen LogP contribution in [0.2, 0.25) is 0 Å². The van der Waals surface area contributed by atoms with Gasteiger partial charge < -0.3 is 15.8 Å². The molecule has 2 aromatic rings. The van der Waals surface area contributed by atoms with Crippen molar-refractivity contribution >= 4 is 11.4 Å². The van der Waals surface area contributed by atoms with Crippen molar-refractivity contribution in [1.82, 2.24) is 0 Å². The molecule has 0 saturated carbocycles. The number of para-hydroxylation sites is 1. The number of rotatable bonds is 4. The molecule has 0 heterocycles. The Bertz CT molecular complexity index is 538. The van der Waals surface area contributed by atoms with E-state index in [-0.39, 0.29) is 0 Å². The van der Waals surface area contributed by atoms with E-state index in [4.69, 9.17) is 10.5 Å².